The van der Waals surface area contributed by atoms with Crippen LogP contribution in [0.4, 0.5) is 0 Å². The molecule has 2 heteroatoms. The second-order valence-electron chi connectivity index (χ2n) is 4.21. The van der Waals surface area contributed by atoms with Crippen LogP contribution in [0.5, 0.6) is 0 Å². The summed E-state index contributed by atoms with van der Waals surface area (Å²) in [6, 6.07) is 4.19. The number of pyridine rings is 1. The van der Waals surface area contributed by atoms with Gasteiger partial charge in [0.25, 0.3) is 0 Å². The first-order valence-corrected chi connectivity index (χ1v) is 6.06. The fourth-order valence-corrected chi connectivity index (χ4v) is 2.58. The van der Waals surface area contributed by atoms with Crippen LogP contribution < -0.4 is 0 Å². The molecule has 14 heavy (non-hydrogen) atoms. The van der Waals surface area contributed by atoms with Crippen molar-refractivity contribution < 1.29 is 0 Å². The SMILES string of the molecule is CC(C)CC(Br)C(C)c1ccncc1. The van der Waals surface area contributed by atoms with Gasteiger partial charge in [-0.1, -0.05) is 36.7 Å². The minimum Gasteiger partial charge on any atom is -0.265 e. The molecule has 1 aromatic heterocycles. The number of halogens is 1. The van der Waals surface area contributed by atoms with Crippen LogP contribution in [0, 0.1) is 5.92 Å². The summed E-state index contributed by atoms with van der Waals surface area (Å²) >= 11 is 3.76. The quantitative estimate of drug-likeness (QED) is 0.742. The Balaban J connectivity index is 2.61. The Hall–Kier alpha value is -0.370. The summed E-state index contributed by atoms with van der Waals surface area (Å²) in [5, 5.41) is 0. The van der Waals surface area contributed by atoms with Gasteiger partial charge in [-0.15, -0.1) is 0 Å². The van der Waals surface area contributed by atoms with E-state index in [0.717, 1.165) is 5.92 Å². The second-order valence-corrected chi connectivity index (χ2v) is 5.39. The smallest absolute Gasteiger partial charge is 0.0270 e. The zero-order chi connectivity index (χ0) is 10.6. The molecule has 0 amide bonds. The van der Waals surface area contributed by atoms with E-state index in [2.05, 4.69) is 53.8 Å². The Bertz CT molecular complexity index is 258. The van der Waals surface area contributed by atoms with Crippen molar-refractivity contribution in [3.05, 3.63) is 30.1 Å². The number of nitrogens with zero attached hydrogens (tertiary/aromatic N) is 1. The minimum atomic E-state index is 0.556. The molecule has 0 aliphatic carbocycles. The maximum absolute atomic E-state index is 4.03. The molecule has 1 nitrogen and oxygen atoms in total. The number of aromatic nitrogens is 1. The molecular formula is C12H18BrN. The molecule has 1 aromatic rings. The van der Waals surface area contributed by atoms with Crippen LogP contribution in [0.25, 0.3) is 0 Å². The van der Waals surface area contributed by atoms with Crippen LogP contribution in [0.2, 0.25) is 0 Å². The number of hydrogen-bond donors (Lipinski definition) is 0. The van der Waals surface area contributed by atoms with Crippen molar-refractivity contribution in [3.63, 3.8) is 0 Å². The van der Waals surface area contributed by atoms with Crippen molar-refractivity contribution in [2.45, 2.75) is 37.9 Å². The first-order valence-electron chi connectivity index (χ1n) is 5.15. The first-order chi connectivity index (χ1) is 6.61. The summed E-state index contributed by atoms with van der Waals surface area (Å²) in [4.78, 5) is 4.59. The largest absolute Gasteiger partial charge is 0.265 e. The lowest BCUT2D eigenvalue weighted by Crippen LogP contribution is -2.11. The summed E-state index contributed by atoms with van der Waals surface area (Å²) in [5.74, 6) is 1.30. The van der Waals surface area contributed by atoms with E-state index in [1.165, 1.54) is 12.0 Å². The van der Waals surface area contributed by atoms with Crippen LogP contribution in [-0.4, -0.2) is 9.81 Å². The van der Waals surface area contributed by atoms with Crippen LogP contribution in [0.15, 0.2) is 24.5 Å². The summed E-state index contributed by atoms with van der Waals surface area (Å²) in [7, 11) is 0. The number of rotatable bonds is 4. The highest BCUT2D eigenvalue weighted by Gasteiger charge is 2.16. The van der Waals surface area contributed by atoms with Crippen molar-refractivity contribution >= 4 is 15.9 Å². The van der Waals surface area contributed by atoms with Gasteiger partial charge in [0.1, 0.15) is 0 Å². The van der Waals surface area contributed by atoms with Gasteiger partial charge in [-0.3, -0.25) is 4.98 Å². The molecule has 78 valence electrons. The predicted octanol–water partition coefficient (Wildman–Crippen LogP) is 3.99. The lowest BCUT2D eigenvalue weighted by atomic mass is 9.93. The van der Waals surface area contributed by atoms with Gasteiger partial charge in [-0.05, 0) is 36.0 Å². The third kappa shape index (κ3) is 3.41. The molecule has 0 fully saturated rings. The van der Waals surface area contributed by atoms with Gasteiger partial charge in [0, 0.05) is 17.2 Å². The fourth-order valence-electron chi connectivity index (χ4n) is 1.53. The molecule has 0 aliphatic heterocycles. The third-order valence-electron chi connectivity index (χ3n) is 2.47. The van der Waals surface area contributed by atoms with Crippen molar-refractivity contribution in [2.24, 2.45) is 5.92 Å². The lowest BCUT2D eigenvalue weighted by molar-refractivity contribution is 0.535. The summed E-state index contributed by atoms with van der Waals surface area (Å²) in [6.45, 7) is 6.78. The highest BCUT2D eigenvalue weighted by molar-refractivity contribution is 9.09. The molecule has 0 aromatic carbocycles. The molecule has 0 saturated heterocycles. The molecule has 2 atom stereocenters. The Morgan fingerprint density at radius 1 is 1.21 bits per heavy atom. The molecule has 0 radical (unpaired) electrons. The summed E-state index contributed by atoms with van der Waals surface area (Å²) < 4.78 is 0. The summed E-state index contributed by atoms with van der Waals surface area (Å²) in [5.41, 5.74) is 1.36. The van der Waals surface area contributed by atoms with Crippen LogP contribution in [0.3, 0.4) is 0 Å². The van der Waals surface area contributed by atoms with E-state index in [9.17, 15) is 0 Å². The van der Waals surface area contributed by atoms with Crippen LogP contribution in [-0.2, 0) is 0 Å². The van der Waals surface area contributed by atoms with Crippen molar-refractivity contribution in [1.29, 1.82) is 0 Å². The van der Waals surface area contributed by atoms with Crippen molar-refractivity contribution in [1.82, 2.24) is 4.98 Å². The zero-order valence-corrected chi connectivity index (χ0v) is 10.7. The van der Waals surface area contributed by atoms with Gasteiger partial charge in [0.05, 0.1) is 0 Å². The van der Waals surface area contributed by atoms with Gasteiger partial charge in [-0.2, -0.15) is 0 Å². The zero-order valence-electron chi connectivity index (χ0n) is 9.07. The molecule has 0 N–H and O–H groups in total. The van der Waals surface area contributed by atoms with E-state index in [1.807, 2.05) is 12.4 Å². The van der Waals surface area contributed by atoms with Gasteiger partial charge in [0.15, 0.2) is 0 Å². The Morgan fingerprint density at radius 2 is 1.79 bits per heavy atom. The van der Waals surface area contributed by atoms with E-state index >= 15 is 0 Å². The summed E-state index contributed by atoms with van der Waals surface area (Å²) in [6.07, 6.45) is 4.94. The minimum absolute atomic E-state index is 0.556. The normalized spacial score (nSPS) is 15.5. The average molecular weight is 256 g/mol. The molecule has 0 saturated carbocycles. The molecule has 0 bridgehead atoms. The van der Waals surface area contributed by atoms with Gasteiger partial charge in [-0.25, -0.2) is 0 Å². The number of alkyl halides is 1. The Labute approximate surface area is 95.1 Å². The van der Waals surface area contributed by atoms with E-state index in [4.69, 9.17) is 0 Å². The molecule has 0 spiro atoms. The predicted molar refractivity (Wildman–Crippen MR) is 64.8 cm³/mol. The second kappa shape index (κ2) is 5.50. The molecule has 1 rings (SSSR count). The maximum Gasteiger partial charge on any atom is 0.0270 e. The molecule has 2 unspecified atom stereocenters. The van der Waals surface area contributed by atoms with E-state index < -0.39 is 0 Å². The van der Waals surface area contributed by atoms with Crippen molar-refractivity contribution in [3.8, 4) is 0 Å². The number of hydrogen-bond acceptors (Lipinski definition) is 1. The van der Waals surface area contributed by atoms with Gasteiger partial charge in [0.2, 0.25) is 0 Å². The molecule has 1 heterocycles. The monoisotopic (exact) mass is 255 g/mol. The van der Waals surface area contributed by atoms with E-state index in [1.54, 1.807) is 0 Å². The highest BCUT2D eigenvalue weighted by atomic mass is 79.9. The van der Waals surface area contributed by atoms with Crippen molar-refractivity contribution in [2.75, 3.05) is 0 Å². The van der Waals surface area contributed by atoms with Gasteiger partial charge < -0.3 is 0 Å². The fraction of sp³-hybridized carbons (Fsp3) is 0.583. The average Bonchev–Trinajstić information content (AvgIpc) is 2.17. The van der Waals surface area contributed by atoms with E-state index in [-0.39, 0.29) is 0 Å². The van der Waals surface area contributed by atoms with Crippen LogP contribution >= 0.6 is 15.9 Å². The first kappa shape index (κ1) is 11.7. The molecule has 0 aliphatic rings. The molecular weight excluding hydrogens is 238 g/mol. The van der Waals surface area contributed by atoms with E-state index in [0.29, 0.717) is 10.7 Å². The Kier molecular flexibility index (Phi) is 4.59. The maximum atomic E-state index is 4.03. The highest BCUT2D eigenvalue weighted by Crippen LogP contribution is 2.28. The van der Waals surface area contributed by atoms with Crippen LogP contribution in [0.1, 0.15) is 38.7 Å². The van der Waals surface area contributed by atoms with Gasteiger partial charge >= 0.3 is 0 Å². The standard InChI is InChI=1S/C12H18BrN/c1-9(2)8-12(13)10(3)11-4-6-14-7-5-11/h4-7,9-10,12H,8H2,1-3H3. The topological polar surface area (TPSA) is 12.9 Å². The third-order valence-corrected chi connectivity index (χ3v) is 3.64. The Morgan fingerprint density at radius 3 is 2.29 bits per heavy atom. The lowest BCUT2D eigenvalue weighted by Gasteiger charge is -2.20.